The van der Waals surface area contributed by atoms with Crippen LogP contribution in [0, 0.1) is 0 Å². The van der Waals surface area contributed by atoms with Gasteiger partial charge in [0, 0.05) is 100 Å². The van der Waals surface area contributed by atoms with Crippen molar-refractivity contribution in [3.05, 3.63) is 82.2 Å². The molecule has 5 aliphatic rings. The number of nitrogens with one attached hydrogen (secondary N) is 1. The Hall–Kier alpha value is -7.09. The average Bonchev–Trinajstić information content (AvgIpc) is 1.99. The zero-order chi connectivity index (χ0) is 61.7. The first kappa shape index (κ1) is 65.9. The van der Waals surface area contributed by atoms with Crippen LogP contribution in [0.1, 0.15) is 91.9 Å². The van der Waals surface area contributed by atoms with Crippen molar-refractivity contribution < 1.29 is 71.3 Å². The quantitative estimate of drug-likeness (QED) is 0.0385. The number of benzene rings is 2. The zero-order valence-electron chi connectivity index (χ0n) is 51.3. The molecule has 4 amide bonds. The number of pyridine rings is 1. The molecule has 6 heterocycles. The largest absolute Gasteiger partial charge is 0.493 e. The van der Waals surface area contributed by atoms with Gasteiger partial charge in [-0.25, -0.2) is 0 Å². The SMILES string of the molecule is C/C=C1\C[C@H]2C=Nc3cc(OCc4cc(OCCN5CCN(C(=O)CCC(C)(C)SCC(=O)NCCOCCOCCOCCOCCC(=O)OC)CC5)cc(COc5cc6c(cc5OC)C(=O)N5C/C(=C/C)C[C@H]5C=N6)n4)c(OC)cc3C(=O)N2C1. The summed E-state index contributed by atoms with van der Waals surface area (Å²) in [6, 6.07) is 10.2. The summed E-state index contributed by atoms with van der Waals surface area (Å²) in [5.74, 6) is 1.83. The van der Waals surface area contributed by atoms with Gasteiger partial charge in [0.05, 0.1) is 132 Å². The molecule has 0 unspecified atom stereocenters. The second-order valence-corrected chi connectivity index (χ2v) is 23.7. The molecule has 472 valence electrons. The molecule has 1 N–H and O–H groups in total. The van der Waals surface area contributed by atoms with E-state index >= 15 is 0 Å². The number of carbonyl (C=O) groups excluding carboxylic acids is 5. The smallest absolute Gasteiger partial charge is 0.307 e. The number of fused-ring (bicyclic) bond motifs is 4. The summed E-state index contributed by atoms with van der Waals surface area (Å²) < 4.78 is 56.9. The van der Waals surface area contributed by atoms with Crippen LogP contribution in [0.3, 0.4) is 0 Å². The molecule has 2 aromatic carbocycles. The van der Waals surface area contributed by atoms with Crippen molar-refractivity contribution in [2.45, 2.75) is 89.8 Å². The standard InChI is InChI=1S/C63H84N8O15S/c1-8-43-28-47-36-65-52-34-56(54(77-5)32-50(52)61(75)70(47)38-43)85-40-45-30-49(31-46(67-45)41-86-57-35-53-51(33-55(57)78-6)62(76)71-39-44(9-2)29-48(71)37-66-53)84-21-18-68-14-16-69(17-15-68)59(73)10-12-63(3,4)87-42-58(72)64-13-20-81-23-25-83-27-26-82-24-22-80-19-11-60(74)79-7/h8-9,30-37,47-48H,10-29,38-42H2,1-7H3,(H,64,72)/b43-8+,44-9+/t47-,48-/m0/s1. The van der Waals surface area contributed by atoms with Gasteiger partial charge in [-0.15, -0.1) is 11.8 Å². The van der Waals surface area contributed by atoms with E-state index in [2.05, 4.69) is 41.0 Å². The fourth-order valence-corrected chi connectivity index (χ4v) is 11.3. The molecule has 3 aromatic rings. The van der Waals surface area contributed by atoms with Crippen LogP contribution in [0.5, 0.6) is 28.7 Å². The first-order valence-electron chi connectivity index (χ1n) is 29.8. The van der Waals surface area contributed by atoms with Crippen LogP contribution >= 0.6 is 11.8 Å². The van der Waals surface area contributed by atoms with E-state index in [1.807, 2.05) is 53.1 Å². The van der Waals surface area contributed by atoms with Gasteiger partial charge in [-0.05, 0) is 45.2 Å². The molecule has 0 radical (unpaired) electrons. The van der Waals surface area contributed by atoms with Gasteiger partial charge in [0.2, 0.25) is 11.8 Å². The van der Waals surface area contributed by atoms with Gasteiger partial charge in [0.1, 0.15) is 25.6 Å². The molecule has 24 heteroatoms. The molecular formula is C63H84N8O15S. The number of amides is 4. The normalized spacial score (nSPS) is 18.3. The first-order valence-corrected chi connectivity index (χ1v) is 30.8. The average molecular weight is 1230 g/mol. The number of allylic oxidation sites excluding steroid dienone is 2. The number of piperazine rings is 1. The Balaban J connectivity index is 0.793. The Bertz CT molecular complexity index is 2860. The van der Waals surface area contributed by atoms with Crippen LogP contribution in [0.2, 0.25) is 0 Å². The summed E-state index contributed by atoms with van der Waals surface area (Å²) in [6.45, 7) is 16.2. The highest BCUT2D eigenvalue weighted by Crippen LogP contribution is 2.41. The summed E-state index contributed by atoms with van der Waals surface area (Å²) in [6.07, 6.45) is 10.5. The summed E-state index contributed by atoms with van der Waals surface area (Å²) in [4.78, 5) is 87.0. The number of thioether (sulfide) groups is 1. The van der Waals surface area contributed by atoms with Gasteiger partial charge in [-0.2, -0.15) is 0 Å². The van der Waals surface area contributed by atoms with Crippen LogP contribution in [-0.4, -0.2) is 222 Å². The van der Waals surface area contributed by atoms with Crippen molar-refractivity contribution in [3.8, 4) is 28.7 Å². The van der Waals surface area contributed by atoms with Crippen LogP contribution in [0.4, 0.5) is 11.4 Å². The van der Waals surface area contributed by atoms with Crippen molar-refractivity contribution >= 4 is 65.2 Å². The molecule has 0 saturated carbocycles. The minimum Gasteiger partial charge on any atom is -0.493 e. The maximum atomic E-state index is 13.8. The highest BCUT2D eigenvalue weighted by Gasteiger charge is 2.36. The van der Waals surface area contributed by atoms with E-state index in [1.54, 1.807) is 24.3 Å². The predicted octanol–water partition coefficient (Wildman–Crippen LogP) is 6.57. The lowest BCUT2D eigenvalue weighted by Crippen LogP contribution is -2.49. The molecule has 5 aliphatic heterocycles. The van der Waals surface area contributed by atoms with Gasteiger partial charge >= 0.3 is 5.97 Å². The zero-order valence-corrected chi connectivity index (χ0v) is 52.1. The van der Waals surface area contributed by atoms with E-state index in [0.717, 1.165) is 12.8 Å². The van der Waals surface area contributed by atoms with E-state index in [-0.39, 0.29) is 71.8 Å². The number of hydrogen-bond acceptors (Lipinski definition) is 20. The Morgan fingerprint density at radius 3 is 1.67 bits per heavy atom. The Morgan fingerprint density at radius 1 is 0.644 bits per heavy atom. The summed E-state index contributed by atoms with van der Waals surface area (Å²) in [5, 5.41) is 2.90. The number of methoxy groups -OCH3 is 3. The molecular weight excluding hydrogens is 1140 g/mol. The fourth-order valence-electron chi connectivity index (χ4n) is 10.4. The molecule has 23 nitrogen and oxygen atoms in total. The lowest BCUT2D eigenvalue weighted by molar-refractivity contribution is -0.142. The Kier molecular flexibility index (Phi) is 24.8. The number of ether oxygens (including phenoxy) is 10. The van der Waals surface area contributed by atoms with Crippen molar-refractivity contribution in [3.63, 3.8) is 0 Å². The second kappa shape index (κ2) is 32.8. The molecule has 3 saturated heterocycles. The molecule has 1 aromatic heterocycles. The Labute approximate surface area is 514 Å². The number of rotatable bonds is 33. The molecule has 2 atom stereocenters. The van der Waals surface area contributed by atoms with Gasteiger partial charge in [-0.3, -0.25) is 43.8 Å². The predicted molar refractivity (Wildman–Crippen MR) is 329 cm³/mol. The van der Waals surface area contributed by atoms with Gasteiger partial charge in [0.15, 0.2) is 23.0 Å². The van der Waals surface area contributed by atoms with Gasteiger partial charge in [0.25, 0.3) is 11.8 Å². The van der Waals surface area contributed by atoms with E-state index in [1.165, 1.54) is 44.2 Å². The highest BCUT2D eigenvalue weighted by atomic mass is 32.2. The van der Waals surface area contributed by atoms with Crippen molar-refractivity contribution in [2.75, 3.05) is 139 Å². The number of aliphatic imine (C=N–C) groups is 2. The van der Waals surface area contributed by atoms with Crippen LogP contribution in [0.15, 0.2) is 69.7 Å². The van der Waals surface area contributed by atoms with E-state index in [4.69, 9.17) is 57.6 Å². The third-order valence-electron chi connectivity index (χ3n) is 15.6. The third kappa shape index (κ3) is 19.0. The lowest BCUT2D eigenvalue weighted by Gasteiger charge is -2.35. The van der Waals surface area contributed by atoms with E-state index in [0.29, 0.717) is 187 Å². The molecule has 0 aliphatic carbocycles. The molecule has 0 bridgehead atoms. The minimum atomic E-state index is -0.311. The molecule has 87 heavy (non-hydrogen) atoms. The topological polar surface area (TPSA) is 240 Å². The summed E-state index contributed by atoms with van der Waals surface area (Å²) in [5.41, 5.74) is 5.32. The van der Waals surface area contributed by atoms with Crippen LogP contribution in [-0.2, 0) is 51.3 Å². The summed E-state index contributed by atoms with van der Waals surface area (Å²) in [7, 11) is 4.41. The fraction of sp³-hybridized carbons (Fsp3) is 0.556. The van der Waals surface area contributed by atoms with Crippen molar-refractivity contribution in [2.24, 2.45) is 9.98 Å². The Morgan fingerprint density at radius 2 is 1.16 bits per heavy atom. The monoisotopic (exact) mass is 1220 g/mol. The number of carbonyl (C=O) groups is 5. The molecule has 3 fully saturated rings. The van der Waals surface area contributed by atoms with E-state index in [9.17, 15) is 24.0 Å². The maximum absolute atomic E-state index is 13.8. The summed E-state index contributed by atoms with van der Waals surface area (Å²) >= 11 is 1.53. The van der Waals surface area contributed by atoms with Crippen LogP contribution < -0.4 is 29.0 Å². The van der Waals surface area contributed by atoms with Crippen molar-refractivity contribution in [1.29, 1.82) is 0 Å². The number of esters is 1. The van der Waals surface area contributed by atoms with Gasteiger partial charge < -0.3 is 67.4 Å². The van der Waals surface area contributed by atoms with Crippen LogP contribution in [0.25, 0.3) is 0 Å². The molecule has 8 rings (SSSR count). The number of hydrogen-bond donors (Lipinski definition) is 1. The van der Waals surface area contributed by atoms with E-state index < -0.39 is 0 Å². The first-order chi connectivity index (χ1) is 42.2. The minimum absolute atomic E-state index is 0.0123. The lowest BCUT2D eigenvalue weighted by atomic mass is 10.1. The number of aromatic nitrogens is 1. The number of nitrogens with zero attached hydrogens (tertiary/aromatic N) is 7. The highest BCUT2D eigenvalue weighted by molar-refractivity contribution is 8.01. The van der Waals surface area contributed by atoms with Crippen molar-refractivity contribution in [1.82, 2.24) is 29.9 Å². The maximum Gasteiger partial charge on any atom is 0.307 e. The second-order valence-electron chi connectivity index (χ2n) is 22.0. The molecule has 0 spiro atoms. The third-order valence-corrected chi connectivity index (χ3v) is 17.0. The van der Waals surface area contributed by atoms with Gasteiger partial charge in [-0.1, -0.05) is 37.1 Å².